The number of rotatable bonds is 4. The van der Waals surface area contributed by atoms with Crippen LogP contribution in [0.25, 0.3) is 0 Å². The predicted octanol–water partition coefficient (Wildman–Crippen LogP) is 4.16. The van der Waals surface area contributed by atoms with E-state index in [1.165, 1.54) is 12.1 Å². The zero-order valence-corrected chi connectivity index (χ0v) is 13.2. The number of aryl methyl sites for hydroxylation is 1. The molecule has 0 heterocycles. The Bertz CT molecular complexity index is 797. The average molecular weight is 316 g/mol. The van der Waals surface area contributed by atoms with Crippen molar-refractivity contribution < 1.29 is 14.7 Å². The van der Waals surface area contributed by atoms with Gasteiger partial charge in [-0.3, -0.25) is 9.59 Å². The molecular weight excluding hydrogens is 300 g/mol. The average Bonchev–Trinajstić information content (AvgIpc) is 2.62. The fraction of sp³-hybridized carbons (Fsp3) is 0.0476. The lowest BCUT2D eigenvalue weighted by Gasteiger charge is -2.05. The molecule has 0 atom stereocenters. The third-order valence-electron chi connectivity index (χ3n) is 3.85. The Morgan fingerprint density at radius 2 is 0.875 bits per heavy atom. The van der Waals surface area contributed by atoms with Gasteiger partial charge in [-0.05, 0) is 31.2 Å². The van der Waals surface area contributed by atoms with Crippen LogP contribution in [0.5, 0.6) is 5.75 Å². The number of phenolic OH excluding ortho intramolecular Hbond substituents is 1. The van der Waals surface area contributed by atoms with Gasteiger partial charge >= 0.3 is 0 Å². The fourth-order valence-corrected chi connectivity index (χ4v) is 2.42. The van der Waals surface area contributed by atoms with Gasteiger partial charge in [0.15, 0.2) is 11.6 Å². The standard InChI is InChI=1S/C21H16O3/c1-14-2-4-15(5-3-14)20(23)16-6-8-17(9-7-16)21(24)18-10-12-19(22)13-11-18/h2-13,22H,1H3. The summed E-state index contributed by atoms with van der Waals surface area (Å²) in [6, 6.07) is 20.1. The van der Waals surface area contributed by atoms with Crippen molar-refractivity contribution in [3.63, 3.8) is 0 Å². The van der Waals surface area contributed by atoms with E-state index in [0.717, 1.165) is 5.56 Å². The zero-order chi connectivity index (χ0) is 17.1. The number of aromatic hydroxyl groups is 1. The van der Waals surface area contributed by atoms with Gasteiger partial charge < -0.3 is 5.11 Å². The minimum Gasteiger partial charge on any atom is -0.508 e. The van der Waals surface area contributed by atoms with Gasteiger partial charge in [0.05, 0.1) is 0 Å². The lowest BCUT2D eigenvalue weighted by Crippen LogP contribution is -2.04. The van der Waals surface area contributed by atoms with Gasteiger partial charge in [0.25, 0.3) is 0 Å². The Morgan fingerprint density at radius 1 is 0.583 bits per heavy atom. The number of phenols is 1. The molecule has 0 aliphatic heterocycles. The van der Waals surface area contributed by atoms with Crippen molar-refractivity contribution in [2.24, 2.45) is 0 Å². The smallest absolute Gasteiger partial charge is 0.193 e. The van der Waals surface area contributed by atoms with Crippen LogP contribution in [0.2, 0.25) is 0 Å². The van der Waals surface area contributed by atoms with E-state index in [4.69, 9.17) is 0 Å². The summed E-state index contributed by atoms with van der Waals surface area (Å²) in [5.74, 6) is -0.103. The molecule has 0 aliphatic rings. The third-order valence-corrected chi connectivity index (χ3v) is 3.85. The Balaban J connectivity index is 1.82. The maximum atomic E-state index is 12.4. The second-order valence-corrected chi connectivity index (χ2v) is 5.65. The van der Waals surface area contributed by atoms with Crippen LogP contribution >= 0.6 is 0 Å². The molecule has 0 saturated carbocycles. The van der Waals surface area contributed by atoms with Crippen LogP contribution in [0.3, 0.4) is 0 Å². The Labute approximate surface area is 140 Å². The fourth-order valence-electron chi connectivity index (χ4n) is 2.42. The van der Waals surface area contributed by atoms with E-state index in [1.54, 1.807) is 48.5 Å². The van der Waals surface area contributed by atoms with Gasteiger partial charge in [-0.2, -0.15) is 0 Å². The van der Waals surface area contributed by atoms with Crippen LogP contribution in [-0.4, -0.2) is 16.7 Å². The molecule has 3 rings (SSSR count). The molecule has 0 radical (unpaired) electrons. The summed E-state index contributed by atoms with van der Waals surface area (Å²) in [5, 5.41) is 9.28. The van der Waals surface area contributed by atoms with Gasteiger partial charge in [-0.1, -0.05) is 54.1 Å². The Kier molecular flexibility index (Phi) is 4.25. The van der Waals surface area contributed by atoms with Crippen molar-refractivity contribution in [2.75, 3.05) is 0 Å². The molecule has 118 valence electrons. The van der Waals surface area contributed by atoms with E-state index >= 15 is 0 Å². The Morgan fingerprint density at radius 3 is 1.25 bits per heavy atom. The normalized spacial score (nSPS) is 10.4. The molecule has 0 spiro atoms. The largest absolute Gasteiger partial charge is 0.508 e. The van der Waals surface area contributed by atoms with Crippen molar-refractivity contribution in [1.82, 2.24) is 0 Å². The minimum absolute atomic E-state index is 0.0707. The summed E-state index contributed by atoms with van der Waals surface area (Å²) in [4.78, 5) is 24.8. The zero-order valence-electron chi connectivity index (χ0n) is 13.2. The maximum absolute atomic E-state index is 12.4. The molecule has 0 saturated heterocycles. The van der Waals surface area contributed by atoms with E-state index in [9.17, 15) is 14.7 Å². The van der Waals surface area contributed by atoms with Crippen LogP contribution in [0.1, 0.15) is 37.4 Å². The summed E-state index contributed by atoms with van der Waals surface area (Å²) in [7, 11) is 0. The minimum atomic E-state index is -0.149. The number of ketones is 2. The quantitative estimate of drug-likeness (QED) is 0.735. The summed E-state index contributed by atoms with van der Waals surface area (Å²) in [5.41, 5.74) is 3.26. The van der Waals surface area contributed by atoms with Crippen LogP contribution in [0.4, 0.5) is 0 Å². The third kappa shape index (κ3) is 3.25. The summed E-state index contributed by atoms with van der Waals surface area (Å²) < 4.78 is 0. The molecule has 0 amide bonds. The van der Waals surface area contributed by atoms with E-state index in [-0.39, 0.29) is 17.3 Å². The number of carbonyl (C=O) groups is 2. The lowest BCUT2D eigenvalue weighted by molar-refractivity contribution is 0.102. The molecule has 0 aromatic heterocycles. The highest BCUT2D eigenvalue weighted by Crippen LogP contribution is 2.16. The lowest BCUT2D eigenvalue weighted by atomic mass is 9.98. The molecule has 0 bridgehead atoms. The first-order valence-corrected chi connectivity index (χ1v) is 7.60. The first-order chi connectivity index (χ1) is 11.5. The first-order valence-electron chi connectivity index (χ1n) is 7.60. The number of benzene rings is 3. The summed E-state index contributed by atoms with van der Waals surface area (Å²) >= 11 is 0. The molecule has 1 N–H and O–H groups in total. The second-order valence-electron chi connectivity index (χ2n) is 5.65. The van der Waals surface area contributed by atoms with Crippen molar-refractivity contribution in [2.45, 2.75) is 6.92 Å². The molecule has 3 aromatic carbocycles. The molecule has 3 aromatic rings. The molecule has 0 unspecified atom stereocenters. The van der Waals surface area contributed by atoms with Crippen LogP contribution in [-0.2, 0) is 0 Å². The summed E-state index contributed by atoms with van der Waals surface area (Å²) in [6.07, 6.45) is 0. The van der Waals surface area contributed by atoms with Gasteiger partial charge in [-0.25, -0.2) is 0 Å². The van der Waals surface area contributed by atoms with E-state index in [1.807, 2.05) is 19.1 Å². The van der Waals surface area contributed by atoms with Crippen molar-refractivity contribution in [3.05, 3.63) is 101 Å². The first kappa shape index (κ1) is 15.7. The summed E-state index contributed by atoms with van der Waals surface area (Å²) in [6.45, 7) is 1.97. The van der Waals surface area contributed by atoms with Gasteiger partial charge in [0.2, 0.25) is 0 Å². The monoisotopic (exact) mass is 316 g/mol. The SMILES string of the molecule is Cc1ccc(C(=O)c2ccc(C(=O)c3ccc(O)cc3)cc2)cc1. The van der Waals surface area contributed by atoms with Crippen molar-refractivity contribution in [1.29, 1.82) is 0 Å². The number of hydrogen-bond donors (Lipinski definition) is 1. The maximum Gasteiger partial charge on any atom is 0.193 e. The molecule has 3 nitrogen and oxygen atoms in total. The second kappa shape index (κ2) is 6.50. The highest BCUT2D eigenvalue weighted by molar-refractivity contribution is 6.11. The molecule has 24 heavy (non-hydrogen) atoms. The van der Waals surface area contributed by atoms with Crippen LogP contribution < -0.4 is 0 Å². The molecule has 3 heteroatoms. The van der Waals surface area contributed by atoms with Gasteiger partial charge in [0.1, 0.15) is 5.75 Å². The predicted molar refractivity (Wildman–Crippen MR) is 92.6 cm³/mol. The number of hydrogen-bond acceptors (Lipinski definition) is 3. The molecular formula is C21H16O3. The van der Waals surface area contributed by atoms with E-state index in [0.29, 0.717) is 22.3 Å². The highest BCUT2D eigenvalue weighted by atomic mass is 16.3. The van der Waals surface area contributed by atoms with Crippen molar-refractivity contribution >= 4 is 11.6 Å². The van der Waals surface area contributed by atoms with Crippen molar-refractivity contribution in [3.8, 4) is 5.75 Å². The molecule has 0 aliphatic carbocycles. The van der Waals surface area contributed by atoms with Gasteiger partial charge in [-0.15, -0.1) is 0 Å². The number of carbonyl (C=O) groups excluding carboxylic acids is 2. The van der Waals surface area contributed by atoms with Gasteiger partial charge in [0, 0.05) is 22.3 Å². The highest BCUT2D eigenvalue weighted by Gasteiger charge is 2.12. The Hall–Kier alpha value is -3.20. The topological polar surface area (TPSA) is 54.4 Å². The van der Waals surface area contributed by atoms with Crippen LogP contribution in [0, 0.1) is 6.92 Å². The van der Waals surface area contributed by atoms with E-state index < -0.39 is 0 Å². The van der Waals surface area contributed by atoms with E-state index in [2.05, 4.69) is 0 Å². The van der Waals surface area contributed by atoms with Crippen LogP contribution in [0.15, 0.2) is 72.8 Å². The molecule has 0 fully saturated rings.